The lowest BCUT2D eigenvalue weighted by molar-refractivity contribution is -0.153. The zero-order valence-corrected chi connectivity index (χ0v) is 17.2. The molecule has 0 spiro atoms. The lowest BCUT2D eigenvalue weighted by Gasteiger charge is -2.36. The van der Waals surface area contributed by atoms with E-state index in [0.717, 1.165) is 11.4 Å². The molecule has 0 aliphatic carbocycles. The molecule has 160 valence electrons. The molecule has 0 aromatic heterocycles. The predicted octanol–water partition coefficient (Wildman–Crippen LogP) is 1.97. The largest absolute Gasteiger partial charge is 0.497 e. The number of esters is 1. The molecule has 30 heavy (non-hydrogen) atoms. The van der Waals surface area contributed by atoms with Crippen molar-refractivity contribution >= 4 is 17.6 Å². The van der Waals surface area contributed by atoms with Crippen LogP contribution < -0.4 is 19.1 Å². The van der Waals surface area contributed by atoms with Gasteiger partial charge in [-0.2, -0.15) is 0 Å². The van der Waals surface area contributed by atoms with Crippen LogP contribution in [0.2, 0.25) is 0 Å². The van der Waals surface area contributed by atoms with E-state index in [2.05, 4.69) is 4.90 Å². The van der Waals surface area contributed by atoms with Crippen molar-refractivity contribution in [2.45, 2.75) is 0 Å². The van der Waals surface area contributed by atoms with Gasteiger partial charge in [-0.3, -0.25) is 4.79 Å². The lowest BCUT2D eigenvalue weighted by atomic mass is 10.2. The van der Waals surface area contributed by atoms with Crippen LogP contribution in [0.1, 0.15) is 0 Å². The second-order valence-electron chi connectivity index (χ2n) is 6.69. The summed E-state index contributed by atoms with van der Waals surface area (Å²) in [7, 11) is 3.21. The second-order valence-corrected chi connectivity index (χ2v) is 6.69. The molecule has 8 nitrogen and oxygen atoms in total. The van der Waals surface area contributed by atoms with Gasteiger partial charge in [0.1, 0.15) is 17.2 Å². The maximum absolute atomic E-state index is 12.3. The smallest absolute Gasteiger partial charge is 0.344 e. The molecule has 1 aliphatic heterocycles. The number of carbonyl (C=O) groups is 2. The minimum absolute atomic E-state index is 0.206. The molecule has 0 atom stereocenters. The average molecular weight is 414 g/mol. The summed E-state index contributed by atoms with van der Waals surface area (Å²) in [6.45, 7) is 2.03. The van der Waals surface area contributed by atoms with Crippen molar-refractivity contribution in [3.63, 3.8) is 0 Å². The topological polar surface area (TPSA) is 77.5 Å². The van der Waals surface area contributed by atoms with E-state index in [9.17, 15) is 9.59 Å². The fourth-order valence-electron chi connectivity index (χ4n) is 3.10. The number of hydrogen-bond donors (Lipinski definition) is 0. The number of carbonyl (C=O) groups excluding carboxylic acids is 2. The molecule has 2 aromatic rings. The minimum Gasteiger partial charge on any atom is -0.497 e. The van der Waals surface area contributed by atoms with E-state index in [1.54, 1.807) is 43.4 Å². The first kappa shape index (κ1) is 21.3. The number of benzene rings is 2. The van der Waals surface area contributed by atoms with Crippen LogP contribution >= 0.6 is 0 Å². The number of hydrogen-bond acceptors (Lipinski definition) is 7. The monoisotopic (exact) mass is 414 g/mol. The fourth-order valence-corrected chi connectivity index (χ4v) is 3.10. The number of rotatable bonds is 8. The first-order valence-electron chi connectivity index (χ1n) is 9.68. The van der Waals surface area contributed by atoms with Crippen LogP contribution in [-0.2, 0) is 14.3 Å². The van der Waals surface area contributed by atoms with Crippen molar-refractivity contribution in [1.29, 1.82) is 0 Å². The molecular formula is C22H26N2O6. The van der Waals surface area contributed by atoms with Crippen LogP contribution in [-0.4, -0.2) is 70.4 Å². The molecule has 1 aliphatic rings. The van der Waals surface area contributed by atoms with Gasteiger partial charge >= 0.3 is 5.97 Å². The van der Waals surface area contributed by atoms with Gasteiger partial charge in [-0.1, -0.05) is 0 Å². The standard InChI is InChI=1S/C22H26N2O6/c1-27-18-5-3-17(4-6-18)23-11-13-24(14-12-23)21(25)15-30-22(26)16-29-20-9-7-19(28-2)8-10-20/h3-10H,11-16H2,1-2H3. The van der Waals surface area contributed by atoms with E-state index in [-0.39, 0.29) is 19.1 Å². The van der Waals surface area contributed by atoms with Crippen LogP contribution in [0.15, 0.2) is 48.5 Å². The Morgan fingerprint density at radius 2 is 1.30 bits per heavy atom. The highest BCUT2D eigenvalue weighted by Crippen LogP contribution is 2.20. The molecule has 0 N–H and O–H groups in total. The van der Waals surface area contributed by atoms with Gasteiger partial charge in [0.2, 0.25) is 0 Å². The zero-order chi connectivity index (χ0) is 21.3. The first-order valence-corrected chi connectivity index (χ1v) is 9.68. The summed E-state index contributed by atoms with van der Waals surface area (Å²) in [5.74, 6) is 1.24. The Hall–Kier alpha value is -3.42. The van der Waals surface area contributed by atoms with E-state index in [0.29, 0.717) is 37.7 Å². The number of nitrogens with zero attached hydrogens (tertiary/aromatic N) is 2. The molecule has 3 rings (SSSR count). The summed E-state index contributed by atoms with van der Waals surface area (Å²) in [6.07, 6.45) is 0. The van der Waals surface area contributed by atoms with Gasteiger partial charge in [-0.25, -0.2) is 4.79 Å². The molecule has 1 fully saturated rings. The highest BCUT2D eigenvalue weighted by molar-refractivity contribution is 5.81. The van der Waals surface area contributed by atoms with Gasteiger partial charge in [0.25, 0.3) is 5.91 Å². The third kappa shape index (κ3) is 5.79. The Kier molecular flexibility index (Phi) is 7.37. The van der Waals surface area contributed by atoms with Crippen molar-refractivity contribution < 1.29 is 28.5 Å². The maximum Gasteiger partial charge on any atom is 0.344 e. The number of ether oxygens (including phenoxy) is 4. The first-order chi connectivity index (χ1) is 14.6. The maximum atomic E-state index is 12.3. The SMILES string of the molecule is COc1ccc(OCC(=O)OCC(=O)N2CCN(c3ccc(OC)cc3)CC2)cc1. The molecule has 0 radical (unpaired) electrons. The number of piperazine rings is 1. The summed E-state index contributed by atoms with van der Waals surface area (Å²) in [4.78, 5) is 28.1. The van der Waals surface area contributed by atoms with E-state index < -0.39 is 5.97 Å². The van der Waals surface area contributed by atoms with E-state index >= 15 is 0 Å². The van der Waals surface area contributed by atoms with E-state index in [1.807, 2.05) is 24.3 Å². The molecule has 1 saturated heterocycles. The van der Waals surface area contributed by atoms with Crippen molar-refractivity contribution in [3.05, 3.63) is 48.5 Å². The van der Waals surface area contributed by atoms with Crippen molar-refractivity contribution in [1.82, 2.24) is 4.90 Å². The van der Waals surface area contributed by atoms with Crippen LogP contribution in [0.4, 0.5) is 5.69 Å². The minimum atomic E-state index is -0.587. The van der Waals surface area contributed by atoms with Gasteiger partial charge in [-0.05, 0) is 48.5 Å². The summed E-state index contributed by atoms with van der Waals surface area (Å²) >= 11 is 0. The van der Waals surface area contributed by atoms with Crippen LogP contribution in [0.3, 0.4) is 0 Å². The van der Waals surface area contributed by atoms with Gasteiger partial charge in [-0.15, -0.1) is 0 Å². The molecule has 2 aromatic carbocycles. The van der Waals surface area contributed by atoms with Gasteiger partial charge in [0.15, 0.2) is 13.2 Å². The highest BCUT2D eigenvalue weighted by atomic mass is 16.6. The third-order valence-corrected chi connectivity index (χ3v) is 4.84. The van der Waals surface area contributed by atoms with Crippen molar-refractivity contribution in [2.24, 2.45) is 0 Å². The molecule has 1 heterocycles. The van der Waals surface area contributed by atoms with Crippen LogP contribution in [0.5, 0.6) is 17.2 Å². The van der Waals surface area contributed by atoms with Crippen LogP contribution in [0.25, 0.3) is 0 Å². The van der Waals surface area contributed by atoms with Gasteiger partial charge in [0.05, 0.1) is 14.2 Å². The molecule has 0 saturated carbocycles. The molecule has 8 heteroatoms. The normalized spacial score (nSPS) is 13.5. The quantitative estimate of drug-likeness (QED) is 0.611. The van der Waals surface area contributed by atoms with Gasteiger partial charge in [0, 0.05) is 31.9 Å². The molecule has 0 bridgehead atoms. The van der Waals surface area contributed by atoms with Crippen molar-refractivity contribution in [3.8, 4) is 17.2 Å². The van der Waals surface area contributed by atoms with Crippen LogP contribution in [0, 0.1) is 0 Å². The number of anilines is 1. The summed E-state index contributed by atoms with van der Waals surface area (Å²) in [5.41, 5.74) is 1.09. The lowest BCUT2D eigenvalue weighted by Crippen LogP contribution is -2.50. The summed E-state index contributed by atoms with van der Waals surface area (Å²) in [6, 6.07) is 14.7. The summed E-state index contributed by atoms with van der Waals surface area (Å²) in [5, 5.41) is 0. The number of amides is 1. The number of methoxy groups -OCH3 is 2. The highest BCUT2D eigenvalue weighted by Gasteiger charge is 2.22. The fraction of sp³-hybridized carbons (Fsp3) is 0.364. The van der Waals surface area contributed by atoms with E-state index in [4.69, 9.17) is 18.9 Å². The molecule has 1 amide bonds. The Morgan fingerprint density at radius 3 is 1.87 bits per heavy atom. The average Bonchev–Trinajstić information content (AvgIpc) is 2.81. The molecule has 0 unspecified atom stereocenters. The Balaban J connectivity index is 1.37. The predicted molar refractivity (Wildman–Crippen MR) is 111 cm³/mol. The second kappa shape index (κ2) is 10.4. The van der Waals surface area contributed by atoms with Crippen molar-refractivity contribution in [2.75, 3.05) is 58.5 Å². The van der Waals surface area contributed by atoms with E-state index in [1.165, 1.54) is 0 Å². The summed E-state index contributed by atoms with van der Waals surface area (Å²) < 4.78 is 20.6. The molecular weight excluding hydrogens is 388 g/mol. The third-order valence-electron chi connectivity index (χ3n) is 4.84. The Bertz CT molecular complexity index is 830. The zero-order valence-electron chi connectivity index (χ0n) is 17.2. The Labute approximate surface area is 175 Å². The Morgan fingerprint density at radius 1 is 0.767 bits per heavy atom. The van der Waals surface area contributed by atoms with Gasteiger partial charge < -0.3 is 28.7 Å².